The number of hydrogen-bond donors (Lipinski definition) is 2. The van der Waals surface area contributed by atoms with Crippen LogP contribution in [-0.2, 0) is 6.54 Å². The molecule has 0 atom stereocenters. The summed E-state index contributed by atoms with van der Waals surface area (Å²) in [5.74, 6) is 6.28. The van der Waals surface area contributed by atoms with E-state index in [1.165, 1.54) is 11.3 Å². The van der Waals surface area contributed by atoms with Gasteiger partial charge >= 0.3 is 0 Å². The van der Waals surface area contributed by atoms with Gasteiger partial charge in [-0.1, -0.05) is 30.0 Å². The number of nitrogens with two attached hydrogens (primary N) is 1. The number of para-hydroxylation sites is 1. The summed E-state index contributed by atoms with van der Waals surface area (Å²) >= 11 is 1.37. The van der Waals surface area contributed by atoms with Crippen molar-refractivity contribution in [2.24, 2.45) is 5.73 Å². The lowest BCUT2D eigenvalue weighted by Crippen LogP contribution is -2.22. The zero-order chi connectivity index (χ0) is 15.1. The monoisotopic (exact) mass is 300 g/mol. The van der Waals surface area contributed by atoms with Crippen molar-refractivity contribution in [3.05, 3.63) is 51.7 Å². The number of rotatable bonds is 4. The van der Waals surface area contributed by atoms with Crippen LogP contribution in [0.5, 0.6) is 5.75 Å². The topological polar surface area (TPSA) is 64.3 Å². The molecule has 2 rings (SSSR count). The Morgan fingerprint density at radius 1 is 1.38 bits per heavy atom. The minimum atomic E-state index is -0.141. The molecule has 0 spiro atoms. The van der Waals surface area contributed by atoms with Crippen molar-refractivity contribution in [1.82, 2.24) is 5.32 Å². The number of benzene rings is 1. The molecule has 21 heavy (non-hydrogen) atoms. The Morgan fingerprint density at radius 3 is 2.95 bits per heavy atom. The third-order valence-electron chi connectivity index (χ3n) is 2.83. The van der Waals surface area contributed by atoms with Crippen LogP contribution in [0.15, 0.2) is 35.7 Å². The molecule has 0 radical (unpaired) electrons. The van der Waals surface area contributed by atoms with E-state index in [0.717, 1.165) is 11.3 Å². The summed E-state index contributed by atoms with van der Waals surface area (Å²) in [6.45, 7) is 0.683. The van der Waals surface area contributed by atoms with Gasteiger partial charge in [-0.3, -0.25) is 4.79 Å². The van der Waals surface area contributed by atoms with E-state index >= 15 is 0 Å². The van der Waals surface area contributed by atoms with E-state index in [0.29, 0.717) is 17.0 Å². The highest BCUT2D eigenvalue weighted by Gasteiger charge is 2.12. The van der Waals surface area contributed by atoms with Crippen molar-refractivity contribution in [3.8, 4) is 17.6 Å². The number of carbonyl (C=O) groups is 1. The summed E-state index contributed by atoms with van der Waals surface area (Å²) < 4.78 is 5.26. The molecule has 1 heterocycles. The predicted octanol–water partition coefficient (Wildman–Crippen LogP) is 2.00. The molecule has 1 aromatic carbocycles. The Kier molecular flexibility index (Phi) is 5.38. The third kappa shape index (κ3) is 3.85. The third-order valence-corrected chi connectivity index (χ3v) is 3.74. The molecule has 0 aliphatic rings. The van der Waals surface area contributed by atoms with Crippen molar-refractivity contribution in [1.29, 1.82) is 0 Å². The first-order chi connectivity index (χ1) is 10.3. The fourth-order valence-electron chi connectivity index (χ4n) is 1.83. The predicted molar refractivity (Wildman–Crippen MR) is 84.4 cm³/mol. The molecule has 1 aromatic heterocycles. The van der Waals surface area contributed by atoms with Gasteiger partial charge in [0.25, 0.3) is 5.91 Å². The Hall–Kier alpha value is -2.29. The number of nitrogens with one attached hydrogen (secondary N) is 1. The minimum absolute atomic E-state index is 0.141. The highest BCUT2D eigenvalue weighted by atomic mass is 32.1. The van der Waals surface area contributed by atoms with Crippen LogP contribution < -0.4 is 15.8 Å². The maximum atomic E-state index is 12.2. The first kappa shape index (κ1) is 15.1. The Balaban J connectivity index is 2.07. The first-order valence-corrected chi connectivity index (χ1v) is 7.30. The van der Waals surface area contributed by atoms with E-state index in [9.17, 15) is 4.79 Å². The fraction of sp³-hybridized carbons (Fsp3) is 0.188. The van der Waals surface area contributed by atoms with E-state index in [1.807, 2.05) is 35.7 Å². The zero-order valence-electron chi connectivity index (χ0n) is 11.7. The summed E-state index contributed by atoms with van der Waals surface area (Å²) in [7, 11) is 1.61. The summed E-state index contributed by atoms with van der Waals surface area (Å²) in [6, 6.07) is 9.41. The van der Waals surface area contributed by atoms with E-state index in [2.05, 4.69) is 17.2 Å². The van der Waals surface area contributed by atoms with E-state index in [1.54, 1.807) is 7.11 Å². The second kappa shape index (κ2) is 7.48. The number of methoxy groups -OCH3 is 1. The molecule has 4 nitrogen and oxygen atoms in total. The molecule has 0 fully saturated rings. The standard InChI is InChI=1S/C16H16N2O2S/c1-20-14-7-3-2-5-13(14)11-18-16(19)15-12(6-4-9-17)8-10-21-15/h2-3,5,7-8,10H,9,11,17H2,1H3,(H,18,19). The van der Waals surface area contributed by atoms with Gasteiger partial charge in [0.05, 0.1) is 13.7 Å². The van der Waals surface area contributed by atoms with Crippen LogP contribution in [0.25, 0.3) is 0 Å². The normalized spacial score (nSPS) is 9.62. The number of carbonyl (C=O) groups excluding carboxylic acids is 1. The van der Waals surface area contributed by atoms with E-state index in [4.69, 9.17) is 10.5 Å². The van der Waals surface area contributed by atoms with Crippen molar-refractivity contribution in [2.75, 3.05) is 13.7 Å². The summed E-state index contributed by atoms with van der Waals surface area (Å²) in [5.41, 5.74) is 6.99. The lowest BCUT2D eigenvalue weighted by molar-refractivity contribution is 0.0954. The van der Waals surface area contributed by atoms with Gasteiger partial charge in [-0.2, -0.15) is 0 Å². The van der Waals surface area contributed by atoms with Gasteiger partial charge in [-0.05, 0) is 17.5 Å². The molecular weight excluding hydrogens is 284 g/mol. The van der Waals surface area contributed by atoms with Gasteiger partial charge in [-0.15, -0.1) is 11.3 Å². The maximum Gasteiger partial charge on any atom is 0.262 e. The van der Waals surface area contributed by atoms with Crippen LogP contribution in [0.4, 0.5) is 0 Å². The number of amides is 1. The van der Waals surface area contributed by atoms with Crippen molar-refractivity contribution in [2.45, 2.75) is 6.54 Å². The van der Waals surface area contributed by atoms with Gasteiger partial charge in [-0.25, -0.2) is 0 Å². The van der Waals surface area contributed by atoms with Gasteiger partial charge in [0.15, 0.2) is 0 Å². The maximum absolute atomic E-state index is 12.2. The summed E-state index contributed by atoms with van der Waals surface area (Å²) in [4.78, 5) is 12.8. The van der Waals surface area contributed by atoms with E-state index < -0.39 is 0 Å². The molecule has 0 aliphatic heterocycles. The molecule has 3 N–H and O–H groups in total. The molecule has 108 valence electrons. The Morgan fingerprint density at radius 2 is 2.19 bits per heavy atom. The van der Waals surface area contributed by atoms with Crippen LogP contribution in [0, 0.1) is 11.8 Å². The molecule has 0 saturated carbocycles. The number of ether oxygens (including phenoxy) is 1. The SMILES string of the molecule is COc1ccccc1CNC(=O)c1sccc1C#CCN. The van der Waals surface area contributed by atoms with Gasteiger partial charge < -0.3 is 15.8 Å². The van der Waals surface area contributed by atoms with Gasteiger partial charge in [0.1, 0.15) is 10.6 Å². The van der Waals surface area contributed by atoms with Gasteiger partial charge in [0.2, 0.25) is 0 Å². The lowest BCUT2D eigenvalue weighted by Gasteiger charge is -2.09. The highest BCUT2D eigenvalue weighted by molar-refractivity contribution is 7.12. The molecular formula is C16H16N2O2S. The average Bonchev–Trinajstić information content (AvgIpc) is 2.99. The largest absolute Gasteiger partial charge is 0.496 e. The Bertz CT molecular complexity index is 683. The van der Waals surface area contributed by atoms with Crippen LogP contribution in [0.2, 0.25) is 0 Å². The molecule has 0 unspecified atom stereocenters. The smallest absolute Gasteiger partial charge is 0.262 e. The molecule has 1 amide bonds. The van der Waals surface area contributed by atoms with Crippen LogP contribution >= 0.6 is 11.3 Å². The first-order valence-electron chi connectivity index (χ1n) is 6.42. The molecule has 2 aromatic rings. The molecule has 5 heteroatoms. The number of thiophene rings is 1. The molecule has 0 saturated heterocycles. The average molecular weight is 300 g/mol. The van der Waals surface area contributed by atoms with Crippen LogP contribution in [-0.4, -0.2) is 19.6 Å². The molecule has 0 bridgehead atoms. The van der Waals surface area contributed by atoms with Crippen molar-refractivity contribution < 1.29 is 9.53 Å². The summed E-state index contributed by atoms with van der Waals surface area (Å²) in [5, 5.41) is 4.73. The van der Waals surface area contributed by atoms with Crippen LogP contribution in [0.1, 0.15) is 20.8 Å². The quantitative estimate of drug-likeness (QED) is 0.849. The second-order valence-corrected chi connectivity index (χ2v) is 5.08. The molecule has 0 aliphatic carbocycles. The van der Waals surface area contributed by atoms with Crippen LogP contribution in [0.3, 0.4) is 0 Å². The zero-order valence-corrected chi connectivity index (χ0v) is 12.5. The minimum Gasteiger partial charge on any atom is -0.496 e. The highest BCUT2D eigenvalue weighted by Crippen LogP contribution is 2.18. The lowest BCUT2D eigenvalue weighted by atomic mass is 10.2. The number of hydrogen-bond acceptors (Lipinski definition) is 4. The van der Waals surface area contributed by atoms with Crippen molar-refractivity contribution in [3.63, 3.8) is 0 Å². The van der Waals surface area contributed by atoms with Gasteiger partial charge in [0, 0.05) is 17.7 Å². The Labute approximate surface area is 127 Å². The second-order valence-electron chi connectivity index (χ2n) is 4.16. The van der Waals surface area contributed by atoms with E-state index in [-0.39, 0.29) is 12.5 Å². The summed E-state index contributed by atoms with van der Waals surface area (Å²) in [6.07, 6.45) is 0. The fourth-order valence-corrected chi connectivity index (χ4v) is 2.60. The van der Waals surface area contributed by atoms with Crippen molar-refractivity contribution >= 4 is 17.2 Å².